The third-order valence-electron chi connectivity index (χ3n) is 4.52. The van der Waals surface area contributed by atoms with E-state index >= 15 is 0 Å². The predicted molar refractivity (Wildman–Crippen MR) is 117 cm³/mol. The molecule has 7 nitrogen and oxygen atoms in total. The van der Waals surface area contributed by atoms with Crippen LogP contribution in [0.1, 0.15) is 97.3 Å². The van der Waals surface area contributed by atoms with Gasteiger partial charge in [-0.25, -0.2) is 0 Å². The van der Waals surface area contributed by atoms with E-state index < -0.39 is 33.7 Å². The zero-order valence-corrected chi connectivity index (χ0v) is 20.1. The fourth-order valence-corrected chi connectivity index (χ4v) is 4.81. The van der Waals surface area contributed by atoms with E-state index in [1.165, 1.54) is 77.0 Å². The molecule has 9 heteroatoms. The van der Waals surface area contributed by atoms with E-state index in [0.717, 1.165) is 15.2 Å². The summed E-state index contributed by atoms with van der Waals surface area (Å²) in [4.78, 5) is 20.0. The minimum atomic E-state index is -4.84. The quantitative estimate of drug-likeness (QED) is 0.151. The van der Waals surface area contributed by atoms with Gasteiger partial charge >= 0.3 is 11.9 Å². The summed E-state index contributed by atoms with van der Waals surface area (Å²) in [5.41, 5.74) is 0. The van der Waals surface area contributed by atoms with Gasteiger partial charge in [-0.1, -0.05) is 90.9 Å². The normalized spacial score (nSPS) is 12.0. The molecule has 0 bridgehead atoms. The SMILES string of the molecule is CCCCCCC[CH2][Al][CH2]CCCCCCC.O=C(O)CC(C(=O)O)S(=O)(=O)O. The number of hydrogen-bond acceptors (Lipinski definition) is 4. The second kappa shape index (κ2) is 20.6. The number of rotatable bonds is 18. The first kappa shape index (κ1) is 30.6. The molecule has 0 fully saturated rings. The van der Waals surface area contributed by atoms with Crippen LogP contribution in [-0.2, 0) is 19.7 Å². The van der Waals surface area contributed by atoms with Gasteiger partial charge in [-0.15, -0.1) is 10.6 Å². The van der Waals surface area contributed by atoms with Crippen molar-refractivity contribution in [2.45, 2.75) is 113 Å². The molecule has 0 rings (SSSR count). The van der Waals surface area contributed by atoms with Crippen molar-refractivity contribution in [2.24, 2.45) is 0 Å². The maximum atomic E-state index is 10.2. The van der Waals surface area contributed by atoms with Crippen molar-refractivity contribution in [3.8, 4) is 0 Å². The average molecular weight is 452 g/mol. The van der Waals surface area contributed by atoms with Crippen LogP contribution in [0.5, 0.6) is 0 Å². The molecule has 0 saturated carbocycles. The third-order valence-corrected chi connectivity index (χ3v) is 7.24. The Morgan fingerprint density at radius 2 is 1.14 bits per heavy atom. The van der Waals surface area contributed by atoms with E-state index in [-0.39, 0.29) is 0 Å². The molecule has 0 heterocycles. The molecule has 3 N–H and O–H groups in total. The van der Waals surface area contributed by atoms with Gasteiger partial charge in [0.05, 0.1) is 6.42 Å². The minimum absolute atomic E-state index is 0.794. The molecule has 0 amide bonds. The first-order valence-corrected chi connectivity index (χ1v) is 14.0. The molecule has 0 aromatic heterocycles. The highest BCUT2D eigenvalue weighted by molar-refractivity contribution is 7.87. The zero-order chi connectivity index (χ0) is 22.5. The van der Waals surface area contributed by atoms with E-state index in [9.17, 15) is 18.0 Å². The van der Waals surface area contributed by atoms with Crippen molar-refractivity contribution in [3.05, 3.63) is 0 Å². The number of unbranched alkanes of at least 4 members (excludes halogenated alkanes) is 10. The van der Waals surface area contributed by atoms with Crippen molar-refractivity contribution in [1.82, 2.24) is 0 Å². The Bertz CT molecular complexity index is 495. The van der Waals surface area contributed by atoms with Crippen molar-refractivity contribution < 1.29 is 32.8 Å². The maximum Gasteiger partial charge on any atom is 0.325 e. The van der Waals surface area contributed by atoms with Gasteiger partial charge in [0.25, 0.3) is 10.1 Å². The van der Waals surface area contributed by atoms with Crippen LogP contribution in [0.2, 0.25) is 10.6 Å². The van der Waals surface area contributed by atoms with Crippen LogP contribution in [0.15, 0.2) is 0 Å². The van der Waals surface area contributed by atoms with Crippen LogP contribution in [0.25, 0.3) is 0 Å². The molecular formula is C20H40AlO7S. The first-order chi connectivity index (χ1) is 13.7. The Kier molecular flexibility index (Phi) is 21.8. The summed E-state index contributed by atoms with van der Waals surface area (Å²) < 4.78 is 28.7. The Morgan fingerprint density at radius 3 is 1.41 bits per heavy atom. The lowest BCUT2D eigenvalue weighted by Gasteiger charge is -2.04. The number of hydrogen-bond donors (Lipinski definition) is 3. The maximum absolute atomic E-state index is 10.2. The van der Waals surface area contributed by atoms with Crippen LogP contribution in [0, 0.1) is 0 Å². The molecule has 0 spiro atoms. The van der Waals surface area contributed by atoms with Crippen molar-refractivity contribution in [1.29, 1.82) is 0 Å². The van der Waals surface area contributed by atoms with Gasteiger partial charge in [-0.3, -0.25) is 14.1 Å². The van der Waals surface area contributed by atoms with E-state index in [4.69, 9.17) is 14.8 Å². The lowest BCUT2D eigenvalue weighted by atomic mass is 10.1. The number of carboxylic acids is 2. The lowest BCUT2D eigenvalue weighted by Crippen LogP contribution is -2.31. The summed E-state index contributed by atoms with van der Waals surface area (Å²) in [6.45, 7) is 4.59. The summed E-state index contributed by atoms with van der Waals surface area (Å²) in [7, 11) is -4.84. The Labute approximate surface area is 183 Å². The van der Waals surface area contributed by atoms with Gasteiger partial charge in [-0.2, -0.15) is 8.42 Å². The van der Waals surface area contributed by atoms with Crippen LogP contribution < -0.4 is 0 Å². The molecule has 171 valence electrons. The third kappa shape index (κ3) is 23.5. The molecule has 0 aromatic rings. The van der Waals surface area contributed by atoms with E-state index in [0.29, 0.717) is 0 Å². The summed E-state index contributed by atoms with van der Waals surface area (Å²) in [6, 6.07) is 0. The fraction of sp³-hybridized carbons (Fsp3) is 0.900. The molecular weight excluding hydrogens is 411 g/mol. The number of carboxylic acid groups (broad SMARTS) is 2. The molecule has 0 aliphatic heterocycles. The monoisotopic (exact) mass is 451 g/mol. The highest BCUT2D eigenvalue weighted by Crippen LogP contribution is 2.10. The summed E-state index contributed by atoms with van der Waals surface area (Å²) >= 11 is 0.794. The van der Waals surface area contributed by atoms with Gasteiger partial charge in [0.15, 0.2) is 20.5 Å². The Morgan fingerprint density at radius 1 is 0.759 bits per heavy atom. The summed E-state index contributed by atoms with van der Waals surface area (Å²) in [5, 5.41) is 17.1. The van der Waals surface area contributed by atoms with E-state index in [1.54, 1.807) is 10.6 Å². The largest absolute Gasteiger partial charge is 0.481 e. The van der Waals surface area contributed by atoms with Crippen molar-refractivity contribution in [2.75, 3.05) is 0 Å². The summed E-state index contributed by atoms with van der Waals surface area (Å²) in [6.07, 6.45) is 16.5. The molecule has 0 aliphatic carbocycles. The van der Waals surface area contributed by atoms with Gasteiger partial charge in [0.1, 0.15) is 0 Å². The van der Waals surface area contributed by atoms with Crippen molar-refractivity contribution in [3.63, 3.8) is 0 Å². The number of carbonyl (C=O) groups is 2. The molecule has 1 radical (unpaired) electrons. The lowest BCUT2D eigenvalue weighted by molar-refractivity contribution is -0.143. The highest BCUT2D eigenvalue weighted by atomic mass is 32.2. The Balaban J connectivity index is 0. The smallest absolute Gasteiger partial charge is 0.325 e. The van der Waals surface area contributed by atoms with Crippen LogP contribution in [0.4, 0.5) is 0 Å². The molecule has 1 unspecified atom stereocenters. The van der Waals surface area contributed by atoms with Crippen LogP contribution >= 0.6 is 0 Å². The zero-order valence-electron chi connectivity index (χ0n) is 18.1. The van der Waals surface area contributed by atoms with Crippen LogP contribution in [0.3, 0.4) is 0 Å². The number of aliphatic carboxylic acids is 2. The standard InChI is InChI=1S/2C8H17.C4H6O7S.Al/c2*1-3-5-7-8-6-4-2;5-3(6)1-2(4(7)8)12(9,10)11;/h2*1,3-8H2,2H3;2H,1H2,(H,5,6)(H,7,8)(H,9,10,11);. The molecule has 29 heavy (non-hydrogen) atoms. The molecule has 0 aliphatic rings. The second-order valence-corrected chi connectivity index (χ2v) is 10.7. The predicted octanol–water partition coefficient (Wildman–Crippen LogP) is 5.05. The van der Waals surface area contributed by atoms with Gasteiger partial charge in [0.2, 0.25) is 0 Å². The Hall–Kier alpha value is -0.618. The molecule has 1 atom stereocenters. The van der Waals surface area contributed by atoms with Gasteiger partial charge < -0.3 is 10.2 Å². The van der Waals surface area contributed by atoms with E-state index in [2.05, 4.69) is 13.8 Å². The topological polar surface area (TPSA) is 129 Å². The first-order valence-electron chi connectivity index (χ1n) is 10.9. The van der Waals surface area contributed by atoms with Gasteiger partial charge in [-0.05, 0) is 0 Å². The van der Waals surface area contributed by atoms with E-state index in [1.807, 2.05) is 0 Å². The fourth-order valence-electron chi connectivity index (χ4n) is 2.76. The minimum Gasteiger partial charge on any atom is -0.481 e. The van der Waals surface area contributed by atoms with Gasteiger partial charge in [0, 0.05) is 0 Å². The summed E-state index contributed by atoms with van der Waals surface area (Å²) in [5.74, 6) is -3.50. The van der Waals surface area contributed by atoms with Crippen LogP contribution in [-0.4, -0.2) is 55.6 Å². The molecule has 0 aromatic carbocycles. The average Bonchev–Trinajstić information content (AvgIpc) is 2.63. The highest BCUT2D eigenvalue weighted by Gasteiger charge is 2.33. The van der Waals surface area contributed by atoms with Crippen molar-refractivity contribution >= 4 is 37.3 Å². The molecule has 0 saturated heterocycles. The second-order valence-electron chi connectivity index (χ2n) is 7.34.